The lowest BCUT2D eigenvalue weighted by Crippen LogP contribution is -2.69. The number of aliphatic hydroxyl groups excluding tert-OH is 1. The van der Waals surface area contributed by atoms with Crippen LogP contribution < -0.4 is 15.0 Å². The summed E-state index contributed by atoms with van der Waals surface area (Å²) in [5.74, 6) is -1.74. The van der Waals surface area contributed by atoms with Crippen molar-refractivity contribution in [1.82, 2.24) is 14.8 Å². The Morgan fingerprint density at radius 2 is 1.80 bits per heavy atom. The minimum Gasteiger partial charge on any atom is -0.474 e. The van der Waals surface area contributed by atoms with Gasteiger partial charge in [0.1, 0.15) is 10.6 Å². The first-order valence-corrected chi connectivity index (χ1v) is 16.8. The second-order valence-corrected chi connectivity index (χ2v) is 12.8. The molecule has 1 aromatic carbocycles. The molecule has 2 atom stereocenters. The van der Waals surface area contributed by atoms with Crippen molar-refractivity contribution in [2.45, 2.75) is 56.6 Å². The number of thiophene rings is 1. The van der Waals surface area contributed by atoms with Crippen LogP contribution in [0.5, 0.6) is 5.75 Å². The Bertz CT molecular complexity index is 1610. The minimum atomic E-state index is -4.86. The lowest BCUT2D eigenvalue weighted by atomic mass is 9.79. The van der Waals surface area contributed by atoms with Gasteiger partial charge in [-0.2, -0.15) is 26.3 Å². The van der Waals surface area contributed by atoms with Gasteiger partial charge in [-0.3, -0.25) is 14.6 Å². The van der Waals surface area contributed by atoms with Gasteiger partial charge >= 0.3 is 12.4 Å². The monoisotopic (exact) mass is 713 g/mol. The zero-order chi connectivity index (χ0) is 35.4. The van der Waals surface area contributed by atoms with Gasteiger partial charge in [0, 0.05) is 69.5 Å². The number of nitrogens with one attached hydrogen (secondary N) is 1. The number of piperidine rings is 1. The lowest BCUT2D eigenvalue weighted by molar-refractivity contribution is -0.159. The van der Waals surface area contributed by atoms with Crippen molar-refractivity contribution in [2.24, 2.45) is 0 Å². The molecule has 2 N–H and O–H groups in total. The normalized spacial score (nSPS) is 20.3. The highest BCUT2D eigenvalue weighted by Gasteiger charge is 2.56. The summed E-state index contributed by atoms with van der Waals surface area (Å²) in [7, 11) is 0. The number of ether oxygens (including phenoxy) is 1. The number of nitrogens with zero attached hydrogens (tertiary/aromatic N) is 4. The second kappa shape index (κ2) is 14.8. The predicted molar refractivity (Wildman–Crippen MR) is 172 cm³/mol. The fourth-order valence-corrected chi connectivity index (χ4v) is 7.29. The number of anilines is 2. The molecular weight excluding hydrogens is 676 g/mol. The molecule has 2 amide bonds. The molecule has 4 heterocycles. The lowest BCUT2D eigenvalue weighted by Gasteiger charge is -2.51. The van der Waals surface area contributed by atoms with E-state index in [1.165, 1.54) is 4.90 Å². The Morgan fingerprint density at radius 1 is 1.06 bits per heavy atom. The summed E-state index contributed by atoms with van der Waals surface area (Å²) in [6.45, 7) is 3.27. The molecule has 0 saturated carbocycles. The summed E-state index contributed by atoms with van der Waals surface area (Å²) in [6, 6.07) is 7.92. The van der Waals surface area contributed by atoms with Gasteiger partial charge in [0.05, 0.1) is 35.2 Å². The molecule has 3 aromatic rings. The molecule has 0 spiro atoms. The predicted octanol–water partition coefficient (Wildman–Crippen LogP) is 6.16. The van der Waals surface area contributed by atoms with Gasteiger partial charge in [-0.1, -0.05) is 25.5 Å². The molecule has 0 unspecified atom stereocenters. The van der Waals surface area contributed by atoms with Crippen molar-refractivity contribution >= 4 is 34.5 Å². The van der Waals surface area contributed by atoms with Crippen LogP contribution in [0.3, 0.4) is 0 Å². The highest BCUT2D eigenvalue weighted by molar-refractivity contribution is 7.10. The van der Waals surface area contributed by atoms with Gasteiger partial charge in [0.15, 0.2) is 0 Å². The number of para-hydroxylation sites is 2. The van der Waals surface area contributed by atoms with Crippen LogP contribution in [0.15, 0.2) is 54.2 Å². The number of hydrogen-bond donors (Lipinski definition) is 2. The molecule has 2 aliphatic rings. The van der Waals surface area contributed by atoms with Crippen LogP contribution in [0.2, 0.25) is 0 Å². The summed E-state index contributed by atoms with van der Waals surface area (Å²) in [4.78, 5) is 36.3. The molecule has 0 radical (unpaired) electrons. The van der Waals surface area contributed by atoms with Gasteiger partial charge in [0.2, 0.25) is 5.60 Å². The third-order valence-corrected chi connectivity index (χ3v) is 9.75. The minimum absolute atomic E-state index is 0.0108. The molecule has 2 aromatic heterocycles. The molecular formula is C33H37F6N5O4S. The number of amides is 2. The van der Waals surface area contributed by atoms with E-state index in [0.717, 1.165) is 35.2 Å². The number of piperazine rings is 1. The second-order valence-electron chi connectivity index (χ2n) is 11.9. The van der Waals surface area contributed by atoms with Gasteiger partial charge < -0.3 is 29.9 Å². The van der Waals surface area contributed by atoms with Crippen molar-refractivity contribution in [3.05, 3.63) is 70.2 Å². The van der Waals surface area contributed by atoms with Crippen molar-refractivity contribution in [3.63, 3.8) is 0 Å². The van der Waals surface area contributed by atoms with Crippen LogP contribution in [0.1, 0.15) is 53.4 Å². The van der Waals surface area contributed by atoms with E-state index in [0.29, 0.717) is 43.5 Å². The first-order valence-electron chi connectivity index (χ1n) is 15.9. The number of pyridine rings is 1. The van der Waals surface area contributed by atoms with Gasteiger partial charge in [-0.15, -0.1) is 11.3 Å². The van der Waals surface area contributed by atoms with Crippen molar-refractivity contribution in [2.75, 3.05) is 56.1 Å². The topological polar surface area (TPSA) is 98.2 Å². The van der Waals surface area contributed by atoms with Gasteiger partial charge in [-0.25, -0.2) is 0 Å². The molecule has 2 fully saturated rings. The van der Waals surface area contributed by atoms with Crippen LogP contribution in [-0.2, 0) is 17.1 Å². The number of rotatable bonds is 10. The summed E-state index contributed by atoms with van der Waals surface area (Å²) in [5, 5.41) is 13.6. The number of carbonyl (C=O) groups is 2. The van der Waals surface area contributed by atoms with E-state index in [2.05, 4.69) is 15.2 Å². The zero-order valence-corrected chi connectivity index (χ0v) is 27.5. The quantitative estimate of drug-likeness (QED) is 0.243. The third-order valence-electron chi connectivity index (χ3n) is 8.80. The highest BCUT2D eigenvalue weighted by Crippen LogP contribution is 2.43. The summed E-state index contributed by atoms with van der Waals surface area (Å²) < 4.78 is 89.0. The highest BCUT2D eigenvalue weighted by atomic mass is 32.1. The number of aliphatic hydroxyl groups is 1. The van der Waals surface area contributed by atoms with E-state index in [1.54, 1.807) is 11.8 Å². The Hall–Kier alpha value is -4.05. The summed E-state index contributed by atoms with van der Waals surface area (Å²) in [5.41, 5.74) is -2.08. The summed E-state index contributed by atoms with van der Waals surface area (Å²) in [6.07, 6.45) is -7.02. The standard InChI is InChI=1S/C33H37F6N5O4S/c1-2-6-27-31(48-22-19-28(49-21-22)33(37,38)39,10-5-13-44(27)29(46)23-20-40-11-9-24(23)32(34,35)36)30(47)43-16-14-42(15-17-43)26-8-4-3-7-25(26)41-12-18-45/h3-4,7-9,11,19-21,27,41,45H,2,5-6,10,12-18H2,1H3/t27-,31+/m1/s1. The number of carbonyl (C=O) groups excluding carboxylic acids is 2. The zero-order valence-electron chi connectivity index (χ0n) is 26.7. The number of alkyl halides is 6. The number of likely N-dealkylation sites (tertiary alicyclic amines) is 1. The first kappa shape index (κ1) is 36.2. The number of halogens is 6. The molecule has 49 heavy (non-hydrogen) atoms. The molecule has 0 aliphatic carbocycles. The Morgan fingerprint density at radius 3 is 2.45 bits per heavy atom. The fourth-order valence-electron chi connectivity index (χ4n) is 6.61. The number of aromatic nitrogens is 1. The molecule has 2 aliphatic heterocycles. The van der Waals surface area contributed by atoms with Crippen molar-refractivity contribution < 1.29 is 45.8 Å². The Balaban J connectivity index is 1.50. The maximum absolute atomic E-state index is 14.7. The first-order chi connectivity index (χ1) is 23.3. The van der Waals surface area contributed by atoms with E-state index >= 15 is 0 Å². The maximum atomic E-state index is 14.7. The Kier molecular flexibility index (Phi) is 11.0. The van der Waals surface area contributed by atoms with E-state index < -0.39 is 51.8 Å². The molecule has 5 rings (SSSR count). The molecule has 16 heteroatoms. The Labute approximate surface area is 283 Å². The van der Waals surface area contributed by atoms with E-state index in [-0.39, 0.29) is 51.3 Å². The van der Waals surface area contributed by atoms with E-state index in [9.17, 15) is 41.0 Å². The molecule has 2 saturated heterocycles. The van der Waals surface area contributed by atoms with Crippen LogP contribution in [-0.4, -0.2) is 89.2 Å². The van der Waals surface area contributed by atoms with Crippen molar-refractivity contribution in [1.29, 1.82) is 0 Å². The molecule has 266 valence electrons. The van der Waals surface area contributed by atoms with Crippen LogP contribution in [0, 0.1) is 0 Å². The van der Waals surface area contributed by atoms with Crippen molar-refractivity contribution in [3.8, 4) is 5.75 Å². The third kappa shape index (κ3) is 7.74. The van der Waals surface area contributed by atoms with Gasteiger partial charge in [0.25, 0.3) is 11.8 Å². The average Bonchev–Trinajstić information content (AvgIpc) is 3.56. The van der Waals surface area contributed by atoms with E-state index in [1.807, 2.05) is 24.3 Å². The smallest absolute Gasteiger partial charge is 0.425 e. The maximum Gasteiger partial charge on any atom is 0.425 e. The largest absolute Gasteiger partial charge is 0.474 e. The molecule has 9 nitrogen and oxygen atoms in total. The van der Waals surface area contributed by atoms with Crippen LogP contribution in [0.4, 0.5) is 37.7 Å². The number of benzene rings is 1. The summed E-state index contributed by atoms with van der Waals surface area (Å²) >= 11 is 0.402. The molecule has 0 bridgehead atoms. The van der Waals surface area contributed by atoms with Crippen LogP contribution >= 0.6 is 11.3 Å². The van der Waals surface area contributed by atoms with Crippen LogP contribution in [0.25, 0.3) is 0 Å². The van der Waals surface area contributed by atoms with Gasteiger partial charge in [-0.05, 0) is 31.0 Å². The number of hydrogen-bond acceptors (Lipinski definition) is 8. The fraction of sp³-hybridized carbons (Fsp3) is 0.485. The SMILES string of the molecule is CCC[C@H]1N(C(=O)c2cnccc2C(F)(F)F)CCC[C@@]1(Oc1csc(C(F)(F)F)c1)C(=O)N1CCN(c2ccccc2NCCO)CC1. The van der Waals surface area contributed by atoms with E-state index in [4.69, 9.17) is 4.74 Å². The average molecular weight is 714 g/mol.